The van der Waals surface area contributed by atoms with Crippen LogP contribution in [0.4, 0.5) is 17.3 Å². The molecule has 0 atom stereocenters. The van der Waals surface area contributed by atoms with E-state index in [4.69, 9.17) is 10.2 Å². The maximum absolute atomic E-state index is 6.46. The highest BCUT2D eigenvalue weighted by molar-refractivity contribution is 5.75. The van der Waals surface area contributed by atoms with Crippen molar-refractivity contribution in [2.24, 2.45) is 0 Å². The number of nitrogens with one attached hydrogen (secondary N) is 1. The summed E-state index contributed by atoms with van der Waals surface area (Å²) < 4.78 is 5.39. The molecular weight excluding hydrogens is 412 g/mol. The van der Waals surface area contributed by atoms with Gasteiger partial charge in [-0.15, -0.1) is 0 Å². The van der Waals surface area contributed by atoms with Crippen molar-refractivity contribution >= 4 is 17.3 Å². The highest BCUT2D eigenvalue weighted by atomic mass is 16.3. The first-order chi connectivity index (χ1) is 16.3. The van der Waals surface area contributed by atoms with Crippen molar-refractivity contribution in [3.05, 3.63) is 102 Å². The molecule has 7 heteroatoms. The lowest BCUT2D eigenvalue weighted by Gasteiger charge is -2.40. The molecule has 1 fully saturated rings. The topological polar surface area (TPSA) is 83.4 Å². The number of aromatic nitrogens is 2. The number of rotatable bonds is 7. The van der Waals surface area contributed by atoms with Gasteiger partial charge in [0.15, 0.2) is 11.6 Å². The molecule has 0 radical (unpaired) electrons. The molecule has 0 unspecified atom stereocenters. The van der Waals surface area contributed by atoms with Gasteiger partial charge in [-0.3, -0.25) is 4.90 Å². The SMILES string of the molecule is Nc1c(NCc2ccco2)ncnc1N1CCN(C(c2ccccc2)c2ccccc2)CC1. The van der Waals surface area contributed by atoms with Crippen LogP contribution in [0.2, 0.25) is 0 Å². The number of piperazine rings is 1. The van der Waals surface area contributed by atoms with E-state index in [1.54, 1.807) is 12.6 Å². The molecule has 0 amide bonds. The van der Waals surface area contributed by atoms with E-state index in [0.29, 0.717) is 18.1 Å². The van der Waals surface area contributed by atoms with Crippen LogP contribution in [0.3, 0.4) is 0 Å². The average Bonchev–Trinajstić information content (AvgIpc) is 3.39. The van der Waals surface area contributed by atoms with Crippen molar-refractivity contribution in [1.82, 2.24) is 14.9 Å². The summed E-state index contributed by atoms with van der Waals surface area (Å²) in [4.78, 5) is 13.6. The number of furan rings is 1. The van der Waals surface area contributed by atoms with Crippen molar-refractivity contribution < 1.29 is 4.42 Å². The van der Waals surface area contributed by atoms with Gasteiger partial charge < -0.3 is 20.4 Å². The van der Waals surface area contributed by atoms with E-state index in [1.807, 2.05) is 12.1 Å². The lowest BCUT2D eigenvalue weighted by atomic mass is 9.96. The Morgan fingerprint density at radius 1 is 0.848 bits per heavy atom. The minimum atomic E-state index is 0.225. The normalized spacial score (nSPS) is 14.5. The molecule has 2 aromatic carbocycles. The van der Waals surface area contributed by atoms with Gasteiger partial charge in [0.05, 0.1) is 18.8 Å². The van der Waals surface area contributed by atoms with Crippen molar-refractivity contribution in [2.75, 3.05) is 42.1 Å². The molecule has 4 aromatic rings. The van der Waals surface area contributed by atoms with E-state index in [0.717, 1.165) is 37.8 Å². The molecule has 1 aliphatic heterocycles. The highest BCUT2D eigenvalue weighted by Crippen LogP contribution is 2.32. The van der Waals surface area contributed by atoms with Crippen LogP contribution in [-0.4, -0.2) is 41.0 Å². The Kier molecular flexibility index (Phi) is 6.21. The summed E-state index contributed by atoms with van der Waals surface area (Å²) in [7, 11) is 0. The van der Waals surface area contributed by atoms with Gasteiger partial charge in [0.2, 0.25) is 0 Å². The molecule has 3 heterocycles. The number of benzene rings is 2. The molecule has 168 valence electrons. The minimum absolute atomic E-state index is 0.225. The van der Waals surface area contributed by atoms with Crippen LogP contribution in [0.1, 0.15) is 22.9 Å². The molecule has 5 rings (SSSR count). The van der Waals surface area contributed by atoms with E-state index < -0.39 is 0 Å². The van der Waals surface area contributed by atoms with Crippen LogP contribution >= 0.6 is 0 Å². The van der Waals surface area contributed by atoms with Crippen molar-refractivity contribution in [1.29, 1.82) is 0 Å². The summed E-state index contributed by atoms with van der Waals surface area (Å²) in [5.74, 6) is 2.24. The highest BCUT2D eigenvalue weighted by Gasteiger charge is 2.28. The number of anilines is 3. The Hall–Kier alpha value is -3.84. The molecule has 0 bridgehead atoms. The van der Waals surface area contributed by atoms with Gasteiger partial charge in [-0.2, -0.15) is 0 Å². The van der Waals surface area contributed by atoms with Crippen molar-refractivity contribution in [3.8, 4) is 0 Å². The van der Waals surface area contributed by atoms with Gasteiger partial charge in [-0.05, 0) is 23.3 Å². The number of nitrogen functional groups attached to an aromatic ring is 1. The Balaban J connectivity index is 1.30. The van der Waals surface area contributed by atoms with E-state index in [9.17, 15) is 0 Å². The molecule has 0 aliphatic carbocycles. The zero-order chi connectivity index (χ0) is 22.5. The monoisotopic (exact) mass is 440 g/mol. The molecule has 1 aliphatic rings. The van der Waals surface area contributed by atoms with Gasteiger partial charge in [-0.25, -0.2) is 9.97 Å². The molecule has 1 saturated heterocycles. The Bertz CT molecular complexity index is 1100. The first-order valence-electron chi connectivity index (χ1n) is 11.2. The summed E-state index contributed by atoms with van der Waals surface area (Å²) in [6, 6.07) is 25.4. The molecule has 2 aromatic heterocycles. The number of hydrogen-bond donors (Lipinski definition) is 2. The fraction of sp³-hybridized carbons (Fsp3) is 0.231. The van der Waals surface area contributed by atoms with Crippen LogP contribution < -0.4 is 16.0 Å². The van der Waals surface area contributed by atoms with Gasteiger partial charge in [0, 0.05) is 26.2 Å². The molecule has 7 nitrogen and oxygen atoms in total. The van der Waals surface area contributed by atoms with Crippen LogP contribution in [0.25, 0.3) is 0 Å². The third-order valence-corrected chi connectivity index (χ3v) is 6.08. The molecule has 0 saturated carbocycles. The summed E-state index contributed by atoms with van der Waals surface area (Å²) in [6.07, 6.45) is 3.22. The van der Waals surface area contributed by atoms with Crippen molar-refractivity contribution in [3.63, 3.8) is 0 Å². The standard InChI is InChI=1S/C26H28N6O/c27-23-25(28-18-22-12-7-17-33-22)29-19-30-26(23)32-15-13-31(14-16-32)24(20-8-3-1-4-9-20)21-10-5-2-6-11-21/h1-12,17,19,24H,13-16,18,27H2,(H,28,29,30). The zero-order valence-electron chi connectivity index (χ0n) is 18.5. The van der Waals surface area contributed by atoms with E-state index in [1.165, 1.54) is 11.1 Å². The van der Waals surface area contributed by atoms with Gasteiger partial charge in [0.1, 0.15) is 17.8 Å². The second-order valence-corrected chi connectivity index (χ2v) is 8.14. The molecule has 33 heavy (non-hydrogen) atoms. The lowest BCUT2D eigenvalue weighted by Crippen LogP contribution is -2.48. The summed E-state index contributed by atoms with van der Waals surface area (Å²) >= 11 is 0. The fourth-order valence-electron chi connectivity index (χ4n) is 4.44. The number of nitrogens with two attached hydrogens (primary N) is 1. The third kappa shape index (κ3) is 4.68. The summed E-state index contributed by atoms with van der Waals surface area (Å²) in [6.45, 7) is 4.03. The zero-order valence-corrected chi connectivity index (χ0v) is 18.5. The van der Waals surface area contributed by atoms with E-state index >= 15 is 0 Å². The lowest BCUT2D eigenvalue weighted by molar-refractivity contribution is 0.212. The smallest absolute Gasteiger partial charge is 0.157 e. The number of nitrogens with zero attached hydrogens (tertiary/aromatic N) is 4. The second-order valence-electron chi connectivity index (χ2n) is 8.14. The predicted octanol–water partition coefficient (Wildman–Crippen LogP) is 4.18. The van der Waals surface area contributed by atoms with Gasteiger partial charge >= 0.3 is 0 Å². The van der Waals surface area contributed by atoms with Crippen LogP contribution in [-0.2, 0) is 6.54 Å². The van der Waals surface area contributed by atoms with Crippen LogP contribution in [0.5, 0.6) is 0 Å². The molecular formula is C26H28N6O. The van der Waals surface area contributed by atoms with Crippen LogP contribution in [0, 0.1) is 0 Å². The Labute approximate surface area is 193 Å². The van der Waals surface area contributed by atoms with Gasteiger partial charge in [-0.1, -0.05) is 60.7 Å². The largest absolute Gasteiger partial charge is 0.467 e. The van der Waals surface area contributed by atoms with Crippen LogP contribution in [0.15, 0.2) is 89.8 Å². The summed E-state index contributed by atoms with van der Waals surface area (Å²) in [5.41, 5.74) is 9.64. The molecule has 3 N–H and O–H groups in total. The van der Waals surface area contributed by atoms with E-state index in [-0.39, 0.29) is 6.04 Å². The second kappa shape index (κ2) is 9.75. The van der Waals surface area contributed by atoms with Crippen molar-refractivity contribution in [2.45, 2.75) is 12.6 Å². The maximum Gasteiger partial charge on any atom is 0.157 e. The quantitative estimate of drug-likeness (QED) is 0.446. The Morgan fingerprint density at radius 2 is 1.52 bits per heavy atom. The average molecular weight is 441 g/mol. The maximum atomic E-state index is 6.46. The third-order valence-electron chi connectivity index (χ3n) is 6.08. The fourth-order valence-corrected chi connectivity index (χ4v) is 4.44. The first kappa shape index (κ1) is 21.0. The molecule has 0 spiro atoms. The minimum Gasteiger partial charge on any atom is -0.467 e. The predicted molar refractivity (Wildman–Crippen MR) is 131 cm³/mol. The van der Waals surface area contributed by atoms with E-state index in [2.05, 4.69) is 85.7 Å². The summed E-state index contributed by atoms with van der Waals surface area (Å²) in [5, 5.41) is 3.26. The Morgan fingerprint density at radius 3 is 2.12 bits per heavy atom. The first-order valence-corrected chi connectivity index (χ1v) is 11.2. The number of hydrogen-bond acceptors (Lipinski definition) is 7. The van der Waals surface area contributed by atoms with Gasteiger partial charge in [0.25, 0.3) is 0 Å².